The van der Waals surface area contributed by atoms with E-state index in [1.165, 1.54) is 7.11 Å². The minimum Gasteiger partial charge on any atom is -0.467 e. The van der Waals surface area contributed by atoms with E-state index in [2.05, 4.69) is 10.6 Å². The number of esters is 1. The van der Waals surface area contributed by atoms with E-state index < -0.39 is 41.8 Å². The number of rotatable bonds is 10. The summed E-state index contributed by atoms with van der Waals surface area (Å²) in [6.45, 7) is 7.10. The number of hydrogen-bond donors (Lipinski definition) is 2. The van der Waals surface area contributed by atoms with Crippen molar-refractivity contribution in [1.29, 1.82) is 0 Å². The molecule has 0 saturated heterocycles. The van der Waals surface area contributed by atoms with Crippen molar-refractivity contribution in [2.24, 2.45) is 0 Å². The third kappa shape index (κ3) is 9.23. The highest BCUT2D eigenvalue weighted by atomic mass is 16.6. The summed E-state index contributed by atoms with van der Waals surface area (Å²) in [4.78, 5) is 38.1. The lowest BCUT2D eigenvalue weighted by molar-refractivity contribution is -0.145. The predicted octanol–water partition coefficient (Wildman–Crippen LogP) is 3.39. The Morgan fingerprint density at radius 1 is 0.882 bits per heavy atom. The normalized spacial score (nSPS) is 13.8. The van der Waals surface area contributed by atoms with Crippen LogP contribution in [0.2, 0.25) is 0 Å². The van der Waals surface area contributed by atoms with Gasteiger partial charge in [-0.05, 0) is 38.8 Å². The summed E-state index contributed by atoms with van der Waals surface area (Å²) in [6, 6.07) is 16.7. The zero-order valence-corrected chi connectivity index (χ0v) is 20.4. The molecule has 2 aromatic carbocycles. The number of hydrogen-bond acceptors (Lipinski definition) is 6. The van der Waals surface area contributed by atoms with Crippen molar-refractivity contribution in [3.05, 3.63) is 71.8 Å². The van der Waals surface area contributed by atoms with Crippen LogP contribution < -0.4 is 10.6 Å². The molecule has 184 valence electrons. The van der Waals surface area contributed by atoms with E-state index in [1.807, 2.05) is 60.7 Å². The molecule has 0 aliphatic carbocycles. The van der Waals surface area contributed by atoms with Crippen LogP contribution in [0.15, 0.2) is 60.7 Å². The molecule has 0 fully saturated rings. The molecular formula is C26H34N2O6. The highest BCUT2D eigenvalue weighted by Gasteiger charge is 2.33. The lowest BCUT2D eigenvalue weighted by Crippen LogP contribution is -2.57. The Balaban J connectivity index is 2.17. The van der Waals surface area contributed by atoms with E-state index in [0.29, 0.717) is 0 Å². The van der Waals surface area contributed by atoms with E-state index >= 15 is 0 Å². The van der Waals surface area contributed by atoms with Crippen LogP contribution in [0, 0.1) is 0 Å². The summed E-state index contributed by atoms with van der Waals surface area (Å²) in [5, 5.41) is 5.29. The first-order chi connectivity index (χ1) is 16.1. The SMILES string of the molecule is COC(=O)[C@H](Cc1ccccc1)NC(=O)[C@@H](NC(=O)OC(C)(C)C)[C@@H](C)OCc1ccccc1. The Bertz CT molecular complexity index is 927. The quantitative estimate of drug-likeness (QED) is 0.516. The molecule has 2 aromatic rings. The summed E-state index contributed by atoms with van der Waals surface area (Å²) in [6.07, 6.45) is -1.25. The van der Waals surface area contributed by atoms with Crippen molar-refractivity contribution in [2.75, 3.05) is 7.11 Å². The van der Waals surface area contributed by atoms with Crippen molar-refractivity contribution < 1.29 is 28.6 Å². The molecule has 8 heteroatoms. The van der Waals surface area contributed by atoms with Crippen molar-refractivity contribution in [3.8, 4) is 0 Å². The summed E-state index contributed by atoms with van der Waals surface area (Å²) < 4.78 is 16.1. The van der Waals surface area contributed by atoms with Crippen molar-refractivity contribution in [2.45, 2.75) is 64.5 Å². The predicted molar refractivity (Wildman–Crippen MR) is 128 cm³/mol. The first-order valence-corrected chi connectivity index (χ1v) is 11.2. The highest BCUT2D eigenvalue weighted by molar-refractivity contribution is 5.90. The number of nitrogens with one attached hydrogen (secondary N) is 2. The van der Waals surface area contributed by atoms with E-state index in [1.54, 1.807) is 27.7 Å². The summed E-state index contributed by atoms with van der Waals surface area (Å²) in [7, 11) is 1.26. The van der Waals surface area contributed by atoms with Gasteiger partial charge in [0.15, 0.2) is 0 Å². The van der Waals surface area contributed by atoms with Crippen molar-refractivity contribution in [1.82, 2.24) is 10.6 Å². The van der Waals surface area contributed by atoms with E-state index in [9.17, 15) is 14.4 Å². The average Bonchev–Trinajstić information content (AvgIpc) is 2.80. The maximum atomic E-state index is 13.2. The summed E-state index contributed by atoms with van der Waals surface area (Å²) in [5.74, 6) is -1.18. The lowest BCUT2D eigenvalue weighted by Gasteiger charge is -2.28. The third-order valence-electron chi connectivity index (χ3n) is 4.86. The van der Waals surface area contributed by atoms with Crippen LogP contribution in [-0.2, 0) is 36.8 Å². The van der Waals surface area contributed by atoms with Gasteiger partial charge in [-0.25, -0.2) is 9.59 Å². The van der Waals surface area contributed by atoms with Gasteiger partial charge in [-0.1, -0.05) is 60.7 Å². The van der Waals surface area contributed by atoms with Gasteiger partial charge in [-0.15, -0.1) is 0 Å². The number of amides is 2. The second-order valence-corrected chi connectivity index (χ2v) is 8.90. The topological polar surface area (TPSA) is 103 Å². The minimum absolute atomic E-state index is 0.234. The van der Waals surface area contributed by atoms with Gasteiger partial charge in [-0.3, -0.25) is 4.79 Å². The Kier molecular flexibility index (Phi) is 10.1. The molecule has 0 saturated carbocycles. The van der Waals surface area contributed by atoms with Crippen LogP contribution in [0.25, 0.3) is 0 Å². The molecule has 0 unspecified atom stereocenters. The molecule has 0 aliphatic heterocycles. The molecule has 0 aliphatic rings. The van der Waals surface area contributed by atoms with Gasteiger partial charge in [-0.2, -0.15) is 0 Å². The largest absolute Gasteiger partial charge is 0.467 e. The van der Waals surface area contributed by atoms with Gasteiger partial charge < -0.3 is 24.8 Å². The standard InChI is InChI=1S/C26H34N2O6/c1-18(33-17-20-14-10-7-11-15-20)22(28-25(31)34-26(2,3)4)23(29)27-21(24(30)32-5)16-19-12-8-6-9-13-19/h6-15,18,21-22H,16-17H2,1-5H3,(H,27,29)(H,28,31)/t18-,21+,22+/m1/s1. The zero-order valence-electron chi connectivity index (χ0n) is 20.4. The minimum atomic E-state index is -1.11. The molecule has 0 bridgehead atoms. The molecule has 3 atom stereocenters. The molecule has 2 N–H and O–H groups in total. The lowest BCUT2D eigenvalue weighted by atomic mass is 10.0. The van der Waals surface area contributed by atoms with Crippen molar-refractivity contribution >= 4 is 18.0 Å². The van der Waals surface area contributed by atoms with Crippen LogP contribution in [0.4, 0.5) is 4.79 Å². The third-order valence-corrected chi connectivity index (χ3v) is 4.86. The van der Waals surface area contributed by atoms with Gasteiger partial charge in [0.1, 0.15) is 17.7 Å². The first-order valence-electron chi connectivity index (χ1n) is 11.2. The number of alkyl carbamates (subject to hydrolysis) is 1. The summed E-state index contributed by atoms with van der Waals surface area (Å²) in [5.41, 5.74) is 1.02. The van der Waals surface area contributed by atoms with E-state index in [0.717, 1.165) is 11.1 Å². The van der Waals surface area contributed by atoms with Gasteiger partial charge in [0.2, 0.25) is 5.91 Å². The smallest absolute Gasteiger partial charge is 0.408 e. The molecule has 2 rings (SSSR count). The second-order valence-electron chi connectivity index (χ2n) is 8.90. The molecule has 8 nitrogen and oxygen atoms in total. The fourth-order valence-electron chi connectivity index (χ4n) is 3.18. The fraction of sp³-hybridized carbons (Fsp3) is 0.423. The Morgan fingerprint density at radius 3 is 1.97 bits per heavy atom. The Hall–Kier alpha value is -3.39. The molecule has 34 heavy (non-hydrogen) atoms. The number of benzene rings is 2. The van der Waals surface area contributed by atoms with E-state index in [-0.39, 0.29) is 13.0 Å². The van der Waals surface area contributed by atoms with Crippen LogP contribution in [0.1, 0.15) is 38.8 Å². The monoisotopic (exact) mass is 470 g/mol. The maximum Gasteiger partial charge on any atom is 0.408 e. The Morgan fingerprint density at radius 2 is 1.44 bits per heavy atom. The molecule has 2 amide bonds. The molecule has 0 heterocycles. The molecule has 0 spiro atoms. The van der Waals surface area contributed by atoms with Gasteiger partial charge in [0, 0.05) is 6.42 Å². The maximum absolute atomic E-state index is 13.2. The van der Waals surface area contributed by atoms with Crippen LogP contribution in [-0.4, -0.2) is 48.9 Å². The zero-order chi connectivity index (χ0) is 25.1. The summed E-state index contributed by atoms with van der Waals surface area (Å²) >= 11 is 0. The fourth-order valence-corrected chi connectivity index (χ4v) is 3.18. The number of carbonyl (C=O) groups excluding carboxylic acids is 3. The molecular weight excluding hydrogens is 436 g/mol. The van der Waals surface area contributed by atoms with E-state index in [4.69, 9.17) is 14.2 Å². The van der Waals surface area contributed by atoms with Crippen LogP contribution in [0.3, 0.4) is 0 Å². The number of carbonyl (C=O) groups is 3. The first kappa shape index (κ1) is 26.9. The highest BCUT2D eigenvalue weighted by Crippen LogP contribution is 2.11. The van der Waals surface area contributed by atoms with Crippen LogP contribution >= 0.6 is 0 Å². The van der Waals surface area contributed by atoms with Gasteiger partial charge in [0.05, 0.1) is 19.8 Å². The second kappa shape index (κ2) is 12.7. The van der Waals surface area contributed by atoms with Crippen molar-refractivity contribution in [3.63, 3.8) is 0 Å². The molecule has 0 aromatic heterocycles. The van der Waals surface area contributed by atoms with Gasteiger partial charge >= 0.3 is 12.1 Å². The van der Waals surface area contributed by atoms with Gasteiger partial charge in [0.25, 0.3) is 0 Å². The average molecular weight is 471 g/mol. The number of methoxy groups -OCH3 is 1. The Labute approximate surface area is 201 Å². The molecule has 0 radical (unpaired) electrons. The van der Waals surface area contributed by atoms with Crippen LogP contribution in [0.5, 0.6) is 0 Å². The number of ether oxygens (including phenoxy) is 3.